The van der Waals surface area contributed by atoms with Crippen molar-refractivity contribution in [2.45, 2.75) is 12.8 Å². The number of rotatable bonds is 4. The third-order valence-electron chi connectivity index (χ3n) is 3.84. The van der Waals surface area contributed by atoms with Gasteiger partial charge >= 0.3 is 0 Å². The summed E-state index contributed by atoms with van der Waals surface area (Å²) in [7, 11) is 3.97. The molecule has 0 saturated heterocycles. The molecular formula is C19H22N2O3. The van der Waals surface area contributed by atoms with Gasteiger partial charge in [-0.25, -0.2) is 0 Å². The van der Waals surface area contributed by atoms with Crippen molar-refractivity contribution in [3.8, 4) is 11.5 Å². The molecule has 0 radical (unpaired) electrons. The maximum absolute atomic E-state index is 12.2. The van der Waals surface area contributed by atoms with Crippen molar-refractivity contribution in [2.75, 3.05) is 37.5 Å². The van der Waals surface area contributed by atoms with E-state index < -0.39 is 0 Å². The van der Waals surface area contributed by atoms with Crippen LogP contribution in [0.1, 0.15) is 12.0 Å². The number of nitrogens with zero attached hydrogens (tertiary/aromatic N) is 1. The molecule has 3 rings (SSSR count). The zero-order valence-electron chi connectivity index (χ0n) is 14.0. The Balaban J connectivity index is 1.63. The van der Waals surface area contributed by atoms with Crippen LogP contribution in [-0.4, -0.2) is 33.2 Å². The van der Waals surface area contributed by atoms with Crippen molar-refractivity contribution in [1.82, 2.24) is 0 Å². The first kappa shape index (κ1) is 16.2. The van der Waals surface area contributed by atoms with Crippen molar-refractivity contribution < 1.29 is 14.3 Å². The van der Waals surface area contributed by atoms with Crippen LogP contribution < -0.4 is 19.7 Å². The predicted molar refractivity (Wildman–Crippen MR) is 95.2 cm³/mol. The van der Waals surface area contributed by atoms with Gasteiger partial charge in [0.25, 0.3) is 0 Å². The van der Waals surface area contributed by atoms with Crippen LogP contribution in [-0.2, 0) is 11.2 Å². The smallest absolute Gasteiger partial charge is 0.228 e. The molecule has 1 aliphatic rings. The fourth-order valence-corrected chi connectivity index (χ4v) is 2.55. The molecule has 2 aromatic carbocycles. The molecule has 0 aliphatic carbocycles. The van der Waals surface area contributed by atoms with Crippen molar-refractivity contribution in [3.05, 3.63) is 48.0 Å². The van der Waals surface area contributed by atoms with E-state index in [1.54, 1.807) is 0 Å². The van der Waals surface area contributed by atoms with Gasteiger partial charge in [0.1, 0.15) is 0 Å². The summed E-state index contributed by atoms with van der Waals surface area (Å²) >= 11 is 0. The molecule has 126 valence electrons. The average Bonchev–Trinajstić information content (AvgIpc) is 2.80. The van der Waals surface area contributed by atoms with Crippen LogP contribution in [0, 0.1) is 0 Å². The highest BCUT2D eigenvalue weighted by atomic mass is 16.5. The summed E-state index contributed by atoms with van der Waals surface area (Å²) in [6.45, 7) is 1.30. The van der Waals surface area contributed by atoms with Crippen LogP contribution in [0.5, 0.6) is 11.5 Å². The minimum atomic E-state index is -0.0536. The first-order valence-electron chi connectivity index (χ1n) is 8.07. The number of anilines is 2. The zero-order valence-corrected chi connectivity index (χ0v) is 14.0. The lowest BCUT2D eigenvalue weighted by Crippen LogP contribution is -2.15. The Morgan fingerprint density at radius 2 is 1.75 bits per heavy atom. The number of ether oxygens (including phenoxy) is 2. The molecule has 1 amide bonds. The first-order valence-corrected chi connectivity index (χ1v) is 8.07. The van der Waals surface area contributed by atoms with Gasteiger partial charge in [0.15, 0.2) is 11.5 Å². The normalized spacial score (nSPS) is 13.1. The van der Waals surface area contributed by atoms with Gasteiger partial charge < -0.3 is 19.7 Å². The van der Waals surface area contributed by atoms with Gasteiger partial charge in [-0.15, -0.1) is 0 Å². The van der Waals surface area contributed by atoms with Crippen LogP contribution in [0.4, 0.5) is 11.4 Å². The van der Waals surface area contributed by atoms with Crippen LogP contribution in [0.3, 0.4) is 0 Å². The van der Waals surface area contributed by atoms with E-state index in [1.807, 2.05) is 61.5 Å². The monoisotopic (exact) mass is 326 g/mol. The fourth-order valence-electron chi connectivity index (χ4n) is 2.55. The van der Waals surface area contributed by atoms with Crippen LogP contribution in [0.15, 0.2) is 42.5 Å². The van der Waals surface area contributed by atoms with E-state index >= 15 is 0 Å². The van der Waals surface area contributed by atoms with Crippen LogP contribution >= 0.6 is 0 Å². The van der Waals surface area contributed by atoms with E-state index in [9.17, 15) is 4.79 Å². The molecule has 0 saturated carbocycles. The quantitative estimate of drug-likeness (QED) is 0.938. The van der Waals surface area contributed by atoms with Gasteiger partial charge in [-0.1, -0.05) is 6.07 Å². The fraction of sp³-hybridized carbons (Fsp3) is 0.316. The maximum Gasteiger partial charge on any atom is 0.228 e. The molecule has 1 aliphatic heterocycles. The van der Waals surface area contributed by atoms with Crippen molar-refractivity contribution >= 4 is 17.3 Å². The third kappa shape index (κ3) is 3.98. The Hall–Kier alpha value is -2.69. The van der Waals surface area contributed by atoms with Crippen molar-refractivity contribution in [1.29, 1.82) is 0 Å². The van der Waals surface area contributed by atoms with Gasteiger partial charge in [-0.2, -0.15) is 0 Å². The summed E-state index contributed by atoms with van der Waals surface area (Å²) in [5.74, 6) is 1.41. The second kappa shape index (κ2) is 7.25. The molecule has 0 unspecified atom stereocenters. The number of carbonyl (C=O) groups excluding carboxylic acids is 1. The second-order valence-electron chi connectivity index (χ2n) is 6.00. The number of amides is 1. The molecule has 1 heterocycles. The molecule has 2 aromatic rings. The number of benzene rings is 2. The Kier molecular flexibility index (Phi) is 4.89. The molecule has 5 nitrogen and oxygen atoms in total. The van der Waals surface area contributed by atoms with Crippen molar-refractivity contribution in [3.63, 3.8) is 0 Å². The van der Waals surface area contributed by atoms with E-state index in [2.05, 4.69) is 5.32 Å². The standard InChI is InChI=1S/C19H22N2O3/c1-21(2)16-7-5-15(6-8-16)20-19(22)13-14-4-9-17-18(12-14)24-11-3-10-23-17/h4-9,12H,3,10-11,13H2,1-2H3,(H,20,22). The second-order valence-corrected chi connectivity index (χ2v) is 6.00. The number of carbonyl (C=O) groups is 1. The van der Waals surface area contributed by atoms with E-state index in [4.69, 9.17) is 9.47 Å². The third-order valence-corrected chi connectivity index (χ3v) is 3.84. The van der Waals surface area contributed by atoms with Gasteiger partial charge in [-0.3, -0.25) is 4.79 Å². The van der Waals surface area contributed by atoms with Gasteiger partial charge in [0, 0.05) is 31.9 Å². The molecule has 24 heavy (non-hydrogen) atoms. The number of fused-ring (bicyclic) bond motifs is 1. The van der Waals surface area contributed by atoms with Gasteiger partial charge in [0.2, 0.25) is 5.91 Å². The number of hydrogen-bond acceptors (Lipinski definition) is 4. The first-order chi connectivity index (χ1) is 11.6. The van der Waals surface area contributed by atoms with E-state index in [1.165, 1.54) is 0 Å². The Morgan fingerprint density at radius 3 is 2.46 bits per heavy atom. The molecule has 0 bridgehead atoms. The summed E-state index contributed by atoms with van der Waals surface area (Å²) in [6.07, 6.45) is 1.17. The molecule has 0 fully saturated rings. The largest absolute Gasteiger partial charge is 0.490 e. The maximum atomic E-state index is 12.2. The highest BCUT2D eigenvalue weighted by Crippen LogP contribution is 2.30. The van der Waals surface area contributed by atoms with Gasteiger partial charge in [-0.05, 0) is 42.0 Å². The molecule has 0 aromatic heterocycles. The lowest BCUT2D eigenvalue weighted by Gasteiger charge is -2.13. The Labute approximate surface area is 142 Å². The summed E-state index contributed by atoms with van der Waals surface area (Å²) < 4.78 is 11.3. The number of nitrogens with one attached hydrogen (secondary N) is 1. The lowest BCUT2D eigenvalue weighted by atomic mass is 10.1. The predicted octanol–water partition coefficient (Wildman–Crippen LogP) is 3.10. The van der Waals surface area contributed by atoms with Gasteiger partial charge in [0.05, 0.1) is 19.6 Å². The van der Waals surface area contributed by atoms with E-state index in [0.717, 1.165) is 29.1 Å². The van der Waals surface area contributed by atoms with Crippen LogP contribution in [0.25, 0.3) is 0 Å². The molecular weight excluding hydrogens is 304 g/mol. The van der Waals surface area contributed by atoms with E-state index in [0.29, 0.717) is 25.4 Å². The highest BCUT2D eigenvalue weighted by molar-refractivity contribution is 5.92. The summed E-state index contributed by atoms with van der Waals surface area (Å²) in [5.41, 5.74) is 2.79. The number of hydrogen-bond donors (Lipinski definition) is 1. The Bertz CT molecular complexity index is 711. The highest BCUT2D eigenvalue weighted by Gasteiger charge is 2.12. The molecule has 1 N–H and O–H groups in total. The van der Waals surface area contributed by atoms with Crippen LogP contribution in [0.2, 0.25) is 0 Å². The Morgan fingerprint density at radius 1 is 1.04 bits per heavy atom. The zero-order chi connectivity index (χ0) is 16.9. The summed E-state index contributed by atoms with van der Waals surface area (Å²) in [5, 5.41) is 2.92. The SMILES string of the molecule is CN(C)c1ccc(NC(=O)Cc2ccc3c(c2)OCCCO3)cc1. The minimum absolute atomic E-state index is 0.0536. The molecule has 0 spiro atoms. The van der Waals surface area contributed by atoms with E-state index in [-0.39, 0.29) is 5.91 Å². The lowest BCUT2D eigenvalue weighted by molar-refractivity contribution is -0.115. The minimum Gasteiger partial charge on any atom is -0.490 e. The molecule has 0 atom stereocenters. The topological polar surface area (TPSA) is 50.8 Å². The average molecular weight is 326 g/mol. The van der Waals surface area contributed by atoms with Crippen molar-refractivity contribution in [2.24, 2.45) is 0 Å². The summed E-state index contributed by atoms with van der Waals surface area (Å²) in [6, 6.07) is 13.4. The summed E-state index contributed by atoms with van der Waals surface area (Å²) in [4.78, 5) is 14.3. The molecule has 5 heteroatoms.